The number of benzene rings is 1. The maximum absolute atomic E-state index is 12.3. The van der Waals surface area contributed by atoms with Crippen LogP contribution in [0.5, 0.6) is 0 Å². The summed E-state index contributed by atoms with van der Waals surface area (Å²) in [6.45, 7) is -1.67. The van der Waals surface area contributed by atoms with Crippen LogP contribution in [0.4, 0.5) is 18.9 Å². The molecule has 1 aromatic carbocycles. The van der Waals surface area contributed by atoms with E-state index in [-0.39, 0.29) is 6.54 Å². The lowest BCUT2D eigenvalue weighted by Crippen LogP contribution is -2.39. The third-order valence-electron chi connectivity index (χ3n) is 2.14. The predicted molar refractivity (Wildman–Crippen MR) is 61.4 cm³/mol. The van der Waals surface area contributed by atoms with E-state index in [2.05, 4.69) is 0 Å². The van der Waals surface area contributed by atoms with Crippen LogP contribution < -0.4 is 11.5 Å². The summed E-state index contributed by atoms with van der Waals surface area (Å²) in [6.07, 6.45) is -4.38. The number of carbonyl (C=O) groups excluding carboxylic acids is 1. The van der Waals surface area contributed by atoms with Crippen molar-refractivity contribution in [1.29, 1.82) is 0 Å². The fourth-order valence-corrected chi connectivity index (χ4v) is 1.59. The Bertz CT molecular complexity index is 420. The molecule has 0 heterocycles. The van der Waals surface area contributed by atoms with Crippen molar-refractivity contribution < 1.29 is 18.0 Å². The monoisotopic (exact) mass is 261 g/mol. The number of anilines is 1. The first-order valence-electron chi connectivity index (χ1n) is 5.18. The van der Waals surface area contributed by atoms with Crippen molar-refractivity contribution >= 4 is 11.6 Å². The molecule has 0 radical (unpaired) electrons. The molecule has 0 saturated heterocycles. The van der Waals surface area contributed by atoms with Crippen LogP contribution in [-0.4, -0.2) is 30.1 Å². The first-order valence-corrected chi connectivity index (χ1v) is 5.18. The molecule has 0 aliphatic rings. The van der Waals surface area contributed by atoms with E-state index in [1.165, 1.54) is 0 Å². The Balaban J connectivity index is 2.74. The first-order chi connectivity index (χ1) is 8.26. The molecule has 18 heavy (non-hydrogen) atoms. The van der Waals surface area contributed by atoms with Crippen molar-refractivity contribution in [3.8, 4) is 0 Å². The summed E-state index contributed by atoms with van der Waals surface area (Å²) in [7, 11) is 0. The zero-order valence-corrected chi connectivity index (χ0v) is 9.57. The van der Waals surface area contributed by atoms with Crippen LogP contribution in [-0.2, 0) is 11.3 Å². The molecule has 0 bridgehead atoms. The van der Waals surface area contributed by atoms with Gasteiger partial charge in [0.05, 0.1) is 13.1 Å². The van der Waals surface area contributed by atoms with Gasteiger partial charge in [0.1, 0.15) is 0 Å². The van der Waals surface area contributed by atoms with E-state index in [9.17, 15) is 18.0 Å². The van der Waals surface area contributed by atoms with Crippen LogP contribution >= 0.6 is 0 Å². The highest BCUT2D eigenvalue weighted by molar-refractivity contribution is 5.75. The van der Waals surface area contributed by atoms with E-state index in [0.717, 1.165) is 4.90 Å². The van der Waals surface area contributed by atoms with Gasteiger partial charge in [0.25, 0.3) is 0 Å². The van der Waals surface area contributed by atoms with E-state index >= 15 is 0 Å². The zero-order chi connectivity index (χ0) is 13.8. The molecule has 0 aliphatic heterocycles. The molecule has 0 fully saturated rings. The lowest BCUT2D eigenvalue weighted by atomic mass is 10.2. The molecular formula is C11H14F3N3O. The summed E-state index contributed by atoms with van der Waals surface area (Å²) in [5.41, 5.74) is 11.5. The van der Waals surface area contributed by atoms with Gasteiger partial charge in [-0.25, -0.2) is 0 Å². The molecule has 4 nitrogen and oxygen atoms in total. The predicted octanol–water partition coefficient (Wildman–Crippen LogP) is 1.12. The Kier molecular flexibility index (Phi) is 4.55. The van der Waals surface area contributed by atoms with Gasteiger partial charge in [-0.15, -0.1) is 0 Å². The fourth-order valence-electron chi connectivity index (χ4n) is 1.59. The van der Waals surface area contributed by atoms with Crippen LogP contribution in [0.15, 0.2) is 24.3 Å². The summed E-state index contributed by atoms with van der Waals surface area (Å²) in [5.74, 6) is -0.803. The lowest BCUT2D eigenvalue weighted by molar-refractivity contribution is -0.149. The van der Waals surface area contributed by atoms with E-state index in [1.54, 1.807) is 24.3 Å². The molecule has 0 unspecified atom stereocenters. The van der Waals surface area contributed by atoms with Crippen molar-refractivity contribution in [3.63, 3.8) is 0 Å². The van der Waals surface area contributed by atoms with Gasteiger partial charge in [-0.3, -0.25) is 9.69 Å². The number of halogens is 3. The molecule has 1 amide bonds. The molecule has 1 aromatic rings. The summed E-state index contributed by atoms with van der Waals surface area (Å²) in [6, 6.07) is 6.47. The van der Waals surface area contributed by atoms with E-state index in [4.69, 9.17) is 11.5 Å². The topological polar surface area (TPSA) is 72.4 Å². The van der Waals surface area contributed by atoms with Crippen molar-refractivity contribution in [1.82, 2.24) is 4.90 Å². The molecule has 7 heteroatoms. The highest BCUT2D eigenvalue weighted by Gasteiger charge is 2.31. The van der Waals surface area contributed by atoms with E-state index in [1.807, 2.05) is 0 Å². The molecule has 100 valence electrons. The summed E-state index contributed by atoms with van der Waals surface area (Å²) >= 11 is 0. The van der Waals surface area contributed by atoms with Gasteiger partial charge in [0, 0.05) is 12.2 Å². The van der Waals surface area contributed by atoms with Gasteiger partial charge in [0.15, 0.2) is 0 Å². The van der Waals surface area contributed by atoms with Gasteiger partial charge in [0.2, 0.25) is 5.91 Å². The maximum Gasteiger partial charge on any atom is 0.401 e. The number of primary amides is 1. The Morgan fingerprint density at radius 1 is 1.33 bits per heavy atom. The van der Waals surface area contributed by atoms with Crippen molar-refractivity contribution in [2.45, 2.75) is 12.7 Å². The number of hydrogen-bond donors (Lipinski definition) is 2. The number of nitrogens with zero attached hydrogens (tertiary/aromatic N) is 1. The van der Waals surface area contributed by atoms with Gasteiger partial charge in [-0.2, -0.15) is 13.2 Å². The number of amides is 1. The van der Waals surface area contributed by atoms with Gasteiger partial charge >= 0.3 is 6.18 Å². The van der Waals surface area contributed by atoms with E-state index in [0.29, 0.717) is 11.3 Å². The number of hydrogen-bond acceptors (Lipinski definition) is 3. The summed E-state index contributed by atoms with van der Waals surface area (Å²) in [5, 5.41) is 0. The second kappa shape index (κ2) is 5.72. The molecule has 1 rings (SSSR count). The third-order valence-corrected chi connectivity index (χ3v) is 2.14. The minimum atomic E-state index is -4.38. The number of carbonyl (C=O) groups is 1. The lowest BCUT2D eigenvalue weighted by Gasteiger charge is -2.22. The summed E-state index contributed by atoms with van der Waals surface area (Å²) < 4.78 is 37.0. The fraction of sp³-hybridized carbons (Fsp3) is 0.364. The van der Waals surface area contributed by atoms with Crippen molar-refractivity contribution in [2.75, 3.05) is 18.8 Å². The quantitative estimate of drug-likeness (QED) is 0.780. The Hall–Kier alpha value is -1.76. The minimum Gasteiger partial charge on any atom is -0.399 e. The number of nitrogens with two attached hydrogens (primary N) is 2. The number of rotatable bonds is 5. The number of nitrogen functional groups attached to an aromatic ring is 1. The van der Waals surface area contributed by atoms with Crippen LogP contribution in [0.3, 0.4) is 0 Å². The van der Waals surface area contributed by atoms with E-state index < -0.39 is 25.2 Å². The highest BCUT2D eigenvalue weighted by Crippen LogP contribution is 2.18. The average Bonchev–Trinajstić information content (AvgIpc) is 2.12. The molecule has 0 atom stereocenters. The summed E-state index contributed by atoms with van der Waals surface area (Å²) in [4.78, 5) is 11.7. The van der Waals surface area contributed by atoms with Crippen LogP contribution in [0, 0.1) is 0 Å². The maximum atomic E-state index is 12.3. The third kappa shape index (κ3) is 5.53. The molecule has 0 saturated carbocycles. The Morgan fingerprint density at radius 2 is 2.00 bits per heavy atom. The highest BCUT2D eigenvalue weighted by atomic mass is 19.4. The molecule has 4 N–H and O–H groups in total. The van der Waals surface area contributed by atoms with Gasteiger partial charge in [-0.05, 0) is 17.7 Å². The largest absolute Gasteiger partial charge is 0.401 e. The standard InChI is InChI=1S/C11H14F3N3O/c12-11(13,14)7-17(6-10(16)18)5-8-2-1-3-9(15)4-8/h1-4H,5-7,15H2,(H2,16,18). The molecular weight excluding hydrogens is 247 g/mol. The zero-order valence-electron chi connectivity index (χ0n) is 9.57. The SMILES string of the molecule is NC(=O)CN(Cc1cccc(N)c1)CC(F)(F)F. The van der Waals surface area contributed by atoms with Crippen molar-refractivity contribution in [3.05, 3.63) is 29.8 Å². The molecule has 0 spiro atoms. The molecule has 0 aliphatic carbocycles. The minimum absolute atomic E-state index is 0.0342. The smallest absolute Gasteiger partial charge is 0.399 e. The molecule has 0 aromatic heterocycles. The van der Waals surface area contributed by atoms with Crippen molar-refractivity contribution in [2.24, 2.45) is 5.73 Å². The second-order valence-electron chi connectivity index (χ2n) is 3.97. The van der Waals surface area contributed by atoms with Crippen LogP contribution in [0.2, 0.25) is 0 Å². The van der Waals surface area contributed by atoms with Crippen LogP contribution in [0.25, 0.3) is 0 Å². The van der Waals surface area contributed by atoms with Gasteiger partial charge < -0.3 is 11.5 Å². The van der Waals surface area contributed by atoms with Crippen LogP contribution in [0.1, 0.15) is 5.56 Å². The second-order valence-corrected chi connectivity index (χ2v) is 3.97. The van der Waals surface area contributed by atoms with Gasteiger partial charge in [-0.1, -0.05) is 12.1 Å². The Labute approximate surface area is 102 Å². The average molecular weight is 261 g/mol. The first kappa shape index (κ1) is 14.3. The Morgan fingerprint density at radius 3 is 2.50 bits per heavy atom. The number of alkyl halides is 3. The normalized spacial score (nSPS) is 11.8.